The summed E-state index contributed by atoms with van der Waals surface area (Å²) in [6.07, 6.45) is -0.525. The van der Waals surface area contributed by atoms with Crippen LogP contribution in [0.2, 0.25) is 0 Å². The number of ether oxygens (including phenoxy) is 2. The Hall–Kier alpha value is -2.08. The van der Waals surface area contributed by atoms with Gasteiger partial charge >= 0.3 is 6.09 Å². The molecule has 0 saturated heterocycles. The molecule has 27 heavy (non-hydrogen) atoms. The van der Waals surface area contributed by atoms with Gasteiger partial charge in [0.25, 0.3) is 0 Å². The monoisotopic (exact) mass is 394 g/mol. The van der Waals surface area contributed by atoms with Gasteiger partial charge in [-0.15, -0.1) is 7.92 Å². The van der Waals surface area contributed by atoms with Crippen molar-refractivity contribution in [3.63, 3.8) is 0 Å². The SMILES string of the molecule is CP(C)C.[B]C(=O)OCc1ccc(OC(=O)N(C)CCN(C)C(C)=O)cc1. The van der Waals surface area contributed by atoms with Gasteiger partial charge < -0.3 is 19.3 Å². The highest BCUT2D eigenvalue weighted by molar-refractivity contribution is 7.55. The summed E-state index contributed by atoms with van der Waals surface area (Å²) in [5.74, 6) is -0.553. The molecule has 148 valence electrons. The molecule has 1 aromatic rings. The summed E-state index contributed by atoms with van der Waals surface area (Å²) in [5, 5.41) is 0. The highest BCUT2D eigenvalue weighted by Crippen LogP contribution is 2.15. The zero-order valence-electron chi connectivity index (χ0n) is 16.9. The molecule has 0 fully saturated rings. The minimum atomic E-state index is -0.849. The Morgan fingerprint density at radius 1 is 1.00 bits per heavy atom. The number of hydrogen-bond acceptors (Lipinski definition) is 5. The van der Waals surface area contributed by atoms with Crippen molar-refractivity contribution in [1.29, 1.82) is 0 Å². The van der Waals surface area contributed by atoms with Crippen LogP contribution in [0.3, 0.4) is 0 Å². The second kappa shape index (κ2) is 13.1. The molecule has 9 heteroatoms. The fourth-order valence-corrected chi connectivity index (χ4v) is 1.54. The third-order valence-electron chi connectivity index (χ3n) is 3.13. The first-order valence-corrected chi connectivity index (χ1v) is 11.0. The van der Waals surface area contributed by atoms with Gasteiger partial charge in [0.1, 0.15) is 12.4 Å². The number of benzene rings is 1. The van der Waals surface area contributed by atoms with Gasteiger partial charge in [0.2, 0.25) is 19.6 Å². The third-order valence-corrected chi connectivity index (χ3v) is 3.13. The van der Waals surface area contributed by atoms with Gasteiger partial charge in [-0.05, 0) is 37.7 Å². The van der Waals surface area contributed by atoms with E-state index in [1.165, 1.54) is 16.7 Å². The summed E-state index contributed by atoms with van der Waals surface area (Å²) in [6.45, 7) is 8.99. The number of rotatable bonds is 6. The summed E-state index contributed by atoms with van der Waals surface area (Å²) in [5.41, 5.74) is 0.722. The molecule has 2 amide bonds. The Morgan fingerprint density at radius 3 is 1.93 bits per heavy atom. The first-order chi connectivity index (χ1) is 12.5. The van der Waals surface area contributed by atoms with E-state index in [1.807, 2.05) is 0 Å². The topological polar surface area (TPSA) is 76.2 Å². The summed E-state index contributed by atoms with van der Waals surface area (Å²) < 4.78 is 9.85. The van der Waals surface area contributed by atoms with Crippen LogP contribution >= 0.6 is 7.92 Å². The normalized spacial score (nSPS) is 9.74. The summed E-state index contributed by atoms with van der Waals surface area (Å²) in [4.78, 5) is 36.4. The lowest BCUT2D eigenvalue weighted by Gasteiger charge is -2.21. The van der Waals surface area contributed by atoms with Crippen LogP contribution in [-0.2, 0) is 16.1 Å². The van der Waals surface area contributed by atoms with Crippen molar-refractivity contribution in [2.24, 2.45) is 0 Å². The van der Waals surface area contributed by atoms with E-state index in [-0.39, 0.29) is 12.5 Å². The number of hydrogen-bond donors (Lipinski definition) is 0. The summed E-state index contributed by atoms with van der Waals surface area (Å²) in [6, 6.07) is 6.50. The smallest absolute Gasteiger partial charge is 0.415 e. The predicted octanol–water partition coefficient (Wildman–Crippen LogP) is 2.76. The Labute approximate surface area is 164 Å². The molecule has 0 aliphatic rings. The second-order valence-corrected chi connectivity index (χ2v) is 9.01. The quantitative estimate of drug-likeness (QED) is 0.548. The second-order valence-electron chi connectivity index (χ2n) is 6.32. The predicted molar refractivity (Wildman–Crippen MR) is 109 cm³/mol. The molecule has 0 bridgehead atoms. The first-order valence-electron chi connectivity index (χ1n) is 8.29. The van der Waals surface area contributed by atoms with E-state index >= 15 is 0 Å². The van der Waals surface area contributed by atoms with Crippen molar-refractivity contribution < 1.29 is 23.9 Å². The van der Waals surface area contributed by atoms with Gasteiger partial charge in [0.15, 0.2) is 0 Å². The average molecular weight is 394 g/mol. The van der Waals surface area contributed by atoms with Crippen LogP contribution in [-0.4, -0.2) is 82.7 Å². The van der Waals surface area contributed by atoms with E-state index in [0.29, 0.717) is 26.8 Å². The Morgan fingerprint density at radius 2 is 1.48 bits per heavy atom. The maximum Gasteiger partial charge on any atom is 0.415 e. The number of nitrogens with zero attached hydrogens (tertiary/aromatic N) is 2. The number of carbonyl (C=O) groups is 3. The van der Waals surface area contributed by atoms with Gasteiger partial charge in [-0.2, -0.15) is 0 Å². The minimum Gasteiger partial charge on any atom is -0.470 e. The molecule has 0 aromatic heterocycles. The molecule has 0 unspecified atom stereocenters. The molecule has 0 heterocycles. The minimum absolute atomic E-state index is 0.0564. The van der Waals surface area contributed by atoms with E-state index in [0.717, 1.165) is 5.56 Å². The zero-order valence-corrected chi connectivity index (χ0v) is 17.8. The van der Waals surface area contributed by atoms with Crippen molar-refractivity contribution in [3.8, 4) is 5.75 Å². The number of likely N-dealkylation sites (N-methyl/N-ethyl adjacent to an activating group) is 2. The maximum atomic E-state index is 11.9. The van der Waals surface area contributed by atoms with Crippen LogP contribution in [0.4, 0.5) is 9.59 Å². The van der Waals surface area contributed by atoms with E-state index in [4.69, 9.17) is 12.6 Å². The highest BCUT2D eigenvalue weighted by Gasteiger charge is 2.12. The molecular weight excluding hydrogens is 366 g/mol. The van der Waals surface area contributed by atoms with E-state index < -0.39 is 12.0 Å². The summed E-state index contributed by atoms with van der Waals surface area (Å²) >= 11 is 0. The Balaban J connectivity index is 0.00000153. The standard InChI is InChI=1S/C15H19BN2O5.C3H9P/c1-11(19)17(2)8-9-18(3)15(21)23-13-6-4-12(5-7-13)10-22-14(16)20;1-4(2)3/h4-7H,8-10H2,1-3H3;1-3H3. The summed E-state index contributed by atoms with van der Waals surface area (Å²) in [7, 11) is 8.51. The molecular formula is C18H28BN2O5P. The van der Waals surface area contributed by atoms with Crippen LogP contribution in [0.5, 0.6) is 5.75 Å². The van der Waals surface area contributed by atoms with Crippen LogP contribution in [0.15, 0.2) is 24.3 Å². The van der Waals surface area contributed by atoms with Crippen molar-refractivity contribution >= 4 is 33.6 Å². The van der Waals surface area contributed by atoms with Crippen LogP contribution in [0.25, 0.3) is 0 Å². The van der Waals surface area contributed by atoms with Crippen LogP contribution in [0.1, 0.15) is 12.5 Å². The van der Waals surface area contributed by atoms with Crippen molar-refractivity contribution in [2.45, 2.75) is 13.5 Å². The lowest BCUT2D eigenvalue weighted by atomic mass is 10.2. The van der Waals surface area contributed by atoms with Crippen LogP contribution in [0, 0.1) is 0 Å². The molecule has 2 radical (unpaired) electrons. The zero-order chi connectivity index (χ0) is 21.0. The number of carbonyl (C=O) groups excluding carboxylic acids is 3. The maximum absolute atomic E-state index is 11.9. The molecule has 0 spiro atoms. The van der Waals surface area contributed by atoms with Crippen molar-refractivity contribution in [1.82, 2.24) is 9.80 Å². The van der Waals surface area contributed by atoms with Gasteiger partial charge in [0, 0.05) is 34.1 Å². The third kappa shape index (κ3) is 12.8. The molecule has 1 aromatic carbocycles. The van der Waals surface area contributed by atoms with Crippen molar-refractivity contribution in [2.75, 3.05) is 47.2 Å². The average Bonchev–Trinajstić information content (AvgIpc) is 2.57. The lowest BCUT2D eigenvalue weighted by molar-refractivity contribution is -0.127. The van der Waals surface area contributed by atoms with Gasteiger partial charge in [0.05, 0.1) is 0 Å². The van der Waals surface area contributed by atoms with E-state index in [9.17, 15) is 14.4 Å². The first kappa shape index (κ1) is 24.9. The molecule has 1 rings (SSSR count). The molecule has 0 atom stereocenters. The number of amides is 2. The molecule has 7 nitrogen and oxygen atoms in total. The lowest BCUT2D eigenvalue weighted by Crippen LogP contribution is -2.37. The molecule has 0 saturated carbocycles. The fraction of sp³-hybridized carbons (Fsp3) is 0.500. The van der Waals surface area contributed by atoms with Gasteiger partial charge in [-0.3, -0.25) is 9.59 Å². The van der Waals surface area contributed by atoms with Gasteiger partial charge in [-0.25, -0.2) is 4.79 Å². The van der Waals surface area contributed by atoms with E-state index in [1.54, 1.807) is 38.4 Å². The van der Waals surface area contributed by atoms with Crippen LogP contribution < -0.4 is 4.74 Å². The Bertz CT molecular complexity index is 608. The molecule has 0 aliphatic heterocycles. The van der Waals surface area contributed by atoms with Gasteiger partial charge in [-0.1, -0.05) is 12.1 Å². The fourth-order valence-electron chi connectivity index (χ4n) is 1.54. The Kier molecular flexibility index (Phi) is 12.1. The highest BCUT2D eigenvalue weighted by atomic mass is 31.1. The molecule has 0 aliphatic carbocycles. The van der Waals surface area contributed by atoms with Crippen molar-refractivity contribution in [3.05, 3.63) is 29.8 Å². The molecule has 0 N–H and O–H groups in total. The van der Waals surface area contributed by atoms with E-state index in [2.05, 4.69) is 24.7 Å². The largest absolute Gasteiger partial charge is 0.470 e.